The van der Waals surface area contributed by atoms with Crippen LogP contribution in [0.1, 0.15) is 23.1 Å². The summed E-state index contributed by atoms with van der Waals surface area (Å²) >= 11 is 4.87. The van der Waals surface area contributed by atoms with Gasteiger partial charge in [0.1, 0.15) is 0 Å². The number of hydrogen-bond donors (Lipinski definition) is 0. The van der Waals surface area contributed by atoms with Gasteiger partial charge in [-0.05, 0) is 4.47 Å². The second kappa shape index (κ2) is 21.6. The van der Waals surface area contributed by atoms with Gasteiger partial charge in [0.15, 0.2) is 0 Å². The Morgan fingerprint density at radius 3 is 1.71 bits per heavy atom. The Morgan fingerprint density at radius 1 is 0.853 bits per heavy atom. The van der Waals surface area contributed by atoms with Crippen molar-refractivity contribution in [2.24, 2.45) is 0 Å². The van der Waals surface area contributed by atoms with Gasteiger partial charge in [0.2, 0.25) is 0 Å². The van der Waals surface area contributed by atoms with E-state index >= 15 is 0 Å². The van der Waals surface area contributed by atoms with Gasteiger partial charge in [-0.15, -0.1) is 65.2 Å². The molecule has 3 heteroatoms. The summed E-state index contributed by atoms with van der Waals surface area (Å²) in [5.41, 5.74) is 3.47. The molecule has 34 heavy (non-hydrogen) atoms. The Balaban J connectivity index is 0. The standard InChI is InChI=1S/C10H8Br.2C7H7.C5H5.2CH3.Si.Zr/c1-7-5-8-3-2-4-10(11)9(8)6-7;2*1-7-5-3-2-4-6-7;1-2-4-5-3-1;;;;/h2-6H,1H3;2*2-6H,1H2;1-3H,4H2;2*1H3;;/q6*-1;;. The molecule has 0 aromatic heterocycles. The van der Waals surface area contributed by atoms with Crippen molar-refractivity contribution < 1.29 is 23.3 Å². The van der Waals surface area contributed by atoms with Gasteiger partial charge in [0.25, 0.3) is 0 Å². The van der Waals surface area contributed by atoms with Crippen molar-refractivity contribution in [1.82, 2.24) is 0 Å². The van der Waals surface area contributed by atoms with E-state index in [2.05, 4.69) is 86.1 Å². The predicted octanol–water partition coefficient (Wildman–Crippen LogP) is 9.19. The fourth-order valence-corrected chi connectivity index (χ4v) is 3.14. The van der Waals surface area contributed by atoms with Gasteiger partial charge < -0.3 is 14.9 Å². The van der Waals surface area contributed by atoms with Crippen molar-refractivity contribution in [3.05, 3.63) is 165 Å². The topological polar surface area (TPSA) is 0 Å². The van der Waals surface area contributed by atoms with Crippen LogP contribution in [0.5, 0.6) is 0 Å². The zero-order chi connectivity index (χ0) is 23.6. The molecule has 0 saturated heterocycles. The SMILES string of the molecule is Cc1cc2c(Br)cccc2[cH-]1.[C-]1=CC=CC1.[CH2-]c1ccccc1.[CH2-]c1ccccc1.[CH3-].[CH3-].[Si]=[Zr]. The molecule has 0 heterocycles. The molecular formula is C31H33BrSiZr-6. The quantitative estimate of drug-likeness (QED) is 0.139. The first kappa shape index (κ1) is 34.2. The monoisotopic (exact) mass is 602 g/mol. The summed E-state index contributed by atoms with van der Waals surface area (Å²) in [6.07, 6.45) is 10.0. The maximum atomic E-state index is 3.72. The molecule has 0 atom stereocenters. The summed E-state index contributed by atoms with van der Waals surface area (Å²) in [5.74, 6) is 0. The molecule has 0 unspecified atom stereocenters. The molecule has 4 aromatic carbocycles. The van der Waals surface area contributed by atoms with E-state index in [1.807, 2.05) is 72.8 Å². The van der Waals surface area contributed by atoms with Crippen molar-refractivity contribution in [2.75, 3.05) is 0 Å². The van der Waals surface area contributed by atoms with E-state index < -0.39 is 0 Å². The third-order valence-corrected chi connectivity index (χ3v) is 4.80. The molecule has 5 rings (SSSR count). The zero-order valence-electron chi connectivity index (χ0n) is 20.4. The number of fused-ring (bicyclic) bond motifs is 1. The number of hydrogen-bond acceptors (Lipinski definition) is 0. The molecule has 1 aliphatic rings. The molecule has 0 nitrogen and oxygen atoms in total. The number of allylic oxidation sites excluding steroid dienone is 4. The zero-order valence-corrected chi connectivity index (χ0v) is 25.4. The van der Waals surface area contributed by atoms with E-state index in [9.17, 15) is 0 Å². The van der Waals surface area contributed by atoms with Crippen molar-refractivity contribution in [3.8, 4) is 0 Å². The molecule has 0 aliphatic heterocycles. The van der Waals surface area contributed by atoms with Crippen LogP contribution in [-0.4, -0.2) is 6.88 Å². The van der Waals surface area contributed by atoms with Crippen LogP contribution < -0.4 is 0 Å². The van der Waals surface area contributed by atoms with Crippen LogP contribution in [0.2, 0.25) is 0 Å². The Kier molecular flexibility index (Phi) is 21.7. The van der Waals surface area contributed by atoms with Crippen LogP contribution in [0, 0.1) is 41.7 Å². The van der Waals surface area contributed by atoms with Crippen molar-refractivity contribution >= 4 is 33.6 Å². The maximum absolute atomic E-state index is 3.72. The van der Waals surface area contributed by atoms with E-state index in [-0.39, 0.29) is 14.9 Å². The van der Waals surface area contributed by atoms with Crippen LogP contribution in [0.25, 0.3) is 10.8 Å². The Morgan fingerprint density at radius 2 is 1.38 bits per heavy atom. The van der Waals surface area contributed by atoms with E-state index in [0.29, 0.717) is 0 Å². The molecule has 178 valence electrons. The van der Waals surface area contributed by atoms with Crippen LogP contribution in [0.3, 0.4) is 0 Å². The second-order valence-electron chi connectivity index (χ2n) is 6.75. The van der Waals surface area contributed by atoms with Crippen molar-refractivity contribution in [1.29, 1.82) is 0 Å². The van der Waals surface area contributed by atoms with Crippen molar-refractivity contribution in [2.45, 2.75) is 13.3 Å². The van der Waals surface area contributed by atoms with Crippen LogP contribution in [0.15, 0.2) is 114 Å². The van der Waals surface area contributed by atoms with Gasteiger partial charge in [-0.1, -0.05) is 41.1 Å². The average Bonchev–Trinajstić information content (AvgIpc) is 3.51. The van der Waals surface area contributed by atoms with E-state index in [1.54, 1.807) is 0 Å². The van der Waals surface area contributed by atoms with Crippen LogP contribution in [-0.2, 0) is 23.3 Å². The van der Waals surface area contributed by atoms with Gasteiger partial charge in [-0.2, -0.15) is 61.4 Å². The van der Waals surface area contributed by atoms with Crippen LogP contribution in [0.4, 0.5) is 0 Å². The van der Waals surface area contributed by atoms with Gasteiger partial charge in [-0.25, -0.2) is 12.2 Å². The second-order valence-corrected chi connectivity index (χ2v) is 7.60. The molecule has 0 fully saturated rings. The average molecular weight is 605 g/mol. The Hall–Kier alpha value is -1.93. The number of halogens is 1. The summed E-state index contributed by atoms with van der Waals surface area (Å²) < 4.78 is 1.18. The number of rotatable bonds is 0. The first-order valence-corrected chi connectivity index (χ1v) is 15.1. The molecule has 1 aliphatic carbocycles. The summed E-state index contributed by atoms with van der Waals surface area (Å²) in [7, 11) is 0. The molecule has 0 N–H and O–H groups in total. The summed E-state index contributed by atoms with van der Waals surface area (Å²) in [5, 5.41) is 2.63. The predicted molar refractivity (Wildman–Crippen MR) is 154 cm³/mol. The summed E-state index contributed by atoms with van der Waals surface area (Å²) in [6, 6.07) is 30.4. The molecule has 0 saturated carbocycles. The Bertz CT molecular complexity index is 1020. The van der Waals surface area contributed by atoms with Gasteiger partial charge in [-0.3, -0.25) is 6.08 Å². The van der Waals surface area contributed by atoms with Gasteiger partial charge >= 0.3 is 30.2 Å². The minimum atomic E-state index is 0. The normalized spacial score (nSPS) is 9.68. The van der Waals surface area contributed by atoms with Gasteiger partial charge in [0, 0.05) is 0 Å². The molecule has 4 aromatic rings. The molecule has 0 spiro atoms. The first-order chi connectivity index (χ1) is 15.6. The fraction of sp³-hybridized carbons (Fsp3) is 0.0645. The van der Waals surface area contributed by atoms with Crippen LogP contribution >= 0.6 is 15.9 Å². The first-order valence-electron chi connectivity index (χ1n) is 10.1. The fourth-order valence-electron chi connectivity index (χ4n) is 2.64. The third-order valence-electron chi connectivity index (χ3n) is 4.11. The molecule has 2 radical (unpaired) electrons. The minimum absolute atomic E-state index is 0. The summed E-state index contributed by atoms with van der Waals surface area (Å²) in [4.78, 5) is 0. The number of aryl methyl sites for hydroxylation is 1. The van der Waals surface area contributed by atoms with E-state index in [1.165, 1.54) is 44.1 Å². The molecule has 0 amide bonds. The van der Waals surface area contributed by atoms with Gasteiger partial charge in [0.05, 0.1) is 0 Å². The number of benzene rings is 3. The Labute approximate surface area is 233 Å². The van der Waals surface area contributed by atoms with E-state index in [0.717, 1.165) is 17.5 Å². The third kappa shape index (κ3) is 15.1. The molecular weight excluding hydrogens is 572 g/mol. The van der Waals surface area contributed by atoms with E-state index in [4.69, 9.17) is 0 Å². The summed E-state index contributed by atoms with van der Waals surface area (Å²) in [6.45, 7) is 12.6. The van der Waals surface area contributed by atoms with Crippen molar-refractivity contribution in [3.63, 3.8) is 0 Å². The molecule has 0 bridgehead atoms.